The van der Waals surface area contributed by atoms with Crippen LogP contribution in [-0.4, -0.2) is 72.9 Å². The second kappa shape index (κ2) is 13.2. The lowest BCUT2D eigenvalue weighted by Gasteiger charge is -2.29. The van der Waals surface area contributed by atoms with E-state index in [-0.39, 0.29) is 41.5 Å². The molecule has 1 aromatic carbocycles. The molecule has 1 atom stereocenters. The van der Waals surface area contributed by atoms with Crippen LogP contribution in [0.2, 0.25) is 0 Å². The van der Waals surface area contributed by atoms with Gasteiger partial charge in [0.15, 0.2) is 0 Å². The van der Waals surface area contributed by atoms with Gasteiger partial charge in [0.05, 0.1) is 17.5 Å². The maximum absolute atomic E-state index is 14.7. The van der Waals surface area contributed by atoms with Crippen LogP contribution in [-0.2, 0) is 10.9 Å². The van der Waals surface area contributed by atoms with E-state index in [9.17, 15) is 22.8 Å². The standard InChI is InChI=1S/C30H38F3N7O4S/c1-29(2,3)44-28(42)36-19-10-12-40(16-19)14-13-39(4)25-21(7-8-23(43-20-5-6-20)24(25)30(31,32)33)37-26(41)22-17-45-27(38-22)18-9-11-34-35-15-18/h7-9,11,15,17,19-20,34-35H,5-6,10,12-14,16H2,1-4H3,(H,36,42)(H,37,41)/t19-/m1/s1. The Morgan fingerprint density at radius 2 is 1.96 bits per heavy atom. The lowest BCUT2D eigenvalue weighted by atomic mass is 10.1. The molecule has 0 unspecified atom stereocenters. The molecular weight excluding hydrogens is 611 g/mol. The van der Waals surface area contributed by atoms with Crippen molar-refractivity contribution in [2.75, 3.05) is 43.4 Å². The van der Waals surface area contributed by atoms with Gasteiger partial charge in [-0.15, -0.1) is 11.3 Å². The fourth-order valence-electron chi connectivity index (χ4n) is 5.02. The number of anilines is 2. The van der Waals surface area contributed by atoms with Crippen LogP contribution in [0.5, 0.6) is 5.75 Å². The summed E-state index contributed by atoms with van der Waals surface area (Å²) in [4.78, 5) is 33.4. The Bertz CT molecular complexity index is 1470. The van der Waals surface area contributed by atoms with Crippen molar-refractivity contribution in [1.82, 2.24) is 26.1 Å². The number of nitrogens with one attached hydrogen (secondary N) is 4. The van der Waals surface area contributed by atoms with Crippen molar-refractivity contribution in [3.05, 3.63) is 52.3 Å². The molecule has 2 aliphatic heterocycles. The highest BCUT2D eigenvalue weighted by molar-refractivity contribution is 7.11. The molecule has 15 heteroatoms. The zero-order chi connectivity index (χ0) is 32.4. The summed E-state index contributed by atoms with van der Waals surface area (Å²) in [7, 11) is 1.57. The lowest BCUT2D eigenvalue weighted by molar-refractivity contribution is -0.138. The highest BCUT2D eigenvalue weighted by atomic mass is 32.1. The fourth-order valence-corrected chi connectivity index (χ4v) is 5.81. The summed E-state index contributed by atoms with van der Waals surface area (Å²) >= 11 is 1.25. The topological polar surface area (TPSA) is 120 Å². The van der Waals surface area contributed by atoms with Crippen LogP contribution in [0.15, 0.2) is 36.0 Å². The van der Waals surface area contributed by atoms with Crippen LogP contribution in [0.25, 0.3) is 5.57 Å². The third kappa shape index (κ3) is 8.60. The van der Waals surface area contributed by atoms with Gasteiger partial charge in [-0.1, -0.05) is 0 Å². The summed E-state index contributed by atoms with van der Waals surface area (Å²) in [5.74, 6) is -0.890. The monoisotopic (exact) mass is 649 g/mol. The number of halogens is 3. The van der Waals surface area contributed by atoms with Gasteiger partial charge in [-0.3, -0.25) is 9.69 Å². The van der Waals surface area contributed by atoms with Gasteiger partial charge in [-0.05, 0) is 58.2 Å². The van der Waals surface area contributed by atoms with Crippen molar-refractivity contribution in [2.24, 2.45) is 0 Å². The number of hydrogen-bond acceptors (Lipinski definition) is 10. The summed E-state index contributed by atoms with van der Waals surface area (Å²) in [6, 6.07) is 2.59. The molecule has 1 saturated carbocycles. The molecule has 2 aromatic rings. The molecule has 0 bridgehead atoms. The van der Waals surface area contributed by atoms with Crippen molar-refractivity contribution in [2.45, 2.75) is 64.0 Å². The number of ether oxygens (including phenoxy) is 2. The van der Waals surface area contributed by atoms with Gasteiger partial charge in [-0.2, -0.15) is 13.2 Å². The number of aromatic nitrogens is 1. The number of carbonyl (C=O) groups is 2. The number of alkyl carbamates (subject to hydrolysis) is 1. The average molecular weight is 650 g/mol. The molecule has 1 saturated heterocycles. The van der Waals surface area contributed by atoms with Crippen LogP contribution in [0, 0.1) is 0 Å². The Morgan fingerprint density at radius 1 is 1.18 bits per heavy atom. The van der Waals surface area contributed by atoms with Crippen LogP contribution in [0.3, 0.4) is 0 Å². The summed E-state index contributed by atoms with van der Waals surface area (Å²) in [6.45, 7) is 7.22. The van der Waals surface area contributed by atoms with Crippen molar-refractivity contribution >= 4 is 40.3 Å². The predicted octanol–water partition coefficient (Wildman–Crippen LogP) is 4.95. The van der Waals surface area contributed by atoms with Crippen molar-refractivity contribution in [1.29, 1.82) is 0 Å². The van der Waals surface area contributed by atoms with E-state index in [2.05, 4.69) is 31.4 Å². The SMILES string of the molecule is CN(CCN1CC[C@@H](NC(=O)OC(C)(C)C)C1)c1c(NC(=O)c2csc(C3=CNNC=C3)n2)ccc(OC2CC2)c1C(F)(F)F. The van der Waals surface area contributed by atoms with Crippen LogP contribution >= 0.6 is 11.3 Å². The minimum absolute atomic E-state index is 0.000979. The quantitative estimate of drug-likeness (QED) is 0.283. The van der Waals surface area contributed by atoms with E-state index >= 15 is 0 Å². The molecular formula is C30H38F3N7O4S. The molecule has 3 aliphatic rings. The Morgan fingerprint density at radius 3 is 2.62 bits per heavy atom. The molecule has 2 fully saturated rings. The number of hydrazine groups is 1. The second-order valence-electron chi connectivity index (χ2n) is 12.2. The second-order valence-corrected chi connectivity index (χ2v) is 13.1. The first kappa shape index (κ1) is 32.4. The van der Waals surface area contributed by atoms with E-state index in [1.807, 2.05) is 0 Å². The number of likely N-dealkylation sites (tertiary alicyclic amines) is 1. The van der Waals surface area contributed by atoms with Crippen molar-refractivity contribution in [3.63, 3.8) is 0 Å². The van der Waals surface area contributed by atoms with E-state index in [1.54, 1.807) is 51.7 Å². The van der Waals surface area contributed by atoms with Crippen LogP contribution < -0.4 is 31.1 Å². The summed E-state index contributed by atoms with van der Waals surface area (Å²) in [5, 5.41) is 7.69. The van der Waals surface area contributed by atoms with Crippen LogP contribution in [0.1, 0.15) is 61.1 Å². The van der Waals surface area contributed by atoms with E-state index in [1.165, 1.54) is 28.4 Å². The molecule has 5 rings (SSSR count). The van der Waals surface area contributed by atoms with Gasteiger partial charge in [0.25, 0.3) is 5.91 Å². The number of allylic oxidation sites excluding steroid dienone is 2. The molecule has 244 valence electrons. The first-order valence-corrected chi connectivity index (χ1v) is 15.6. The molecule has 0 spiro atoms. The van der Waals surface area contributed by atoms with E-state index in [4.69, 9.17) is 9.47 Å². The molecule has 1 aliphatic carbocycles. The molecule has 2 amide bonds. The normalized spacial score (nSPS) is 18.5. The minimum Gasteiger partial charge on any atom is -0.490 e. The van der Waals surface area contributed by atoms with Crippen molar-refractivity contribution < 1.29 is 32.2 Å². The Kier molecular flexibility index (Phi) is 9.49. The Hall–Kier alpha value is -3.98. The van der Waals surface area contributed by atoms with Gasteiger partial charge >= 0.3 is 12.3 Å². The van der Waals surface area contributed by atoms with Gasteiger partial charge in [0.2, 0.25) is 0 Å². The minimum atomic E-state index is -4.75. The highest BCUT2D eigenvalue weighted by Gasteiger charge is 2.41. The number of amides is 2. The molecule has 4 N–H and O–H groups in total. The number of likely N-dealkylation sites (N-methyl/N-ethyl adjacent to an activating group) is 1. The summed E-state index contributed by atoms with van der Waals surface area (Å²) < 4.78 is 55.2. The molecule has 1 aromatic heterocycles. The lowest BCUT2D eigenvalue weighted by Crippen LogP contribution is -2.41. The number of carbonyl (C=O) groups excluding carboxylic acids is 2. The van der Waals surface area contributed by atoms with Gasteiger partial charge < -0.3 is 35.9 Å². The van der Waals surface area contributed by atoms with E-state index in [0.29, 0.717) is 43.9 Å². The predicted molar refractivity (Wildman–Crippen MR) is 166 cm³/mol. The largest absolute Gasteiger partial charge is 0.490 e. The maximum atomic E-state index is 14.7. The Labute approximate surface area is 263 Å². The number of nitrogens with zero attached hydrogens (tertiary/aromatic N) is 3. The third-order valence-corrected chi connectivity index (χ3v) is 8.15. The summed E-state index contributed by atoms with van der Waals surface area (Å²) in [5.41, 5.74) is 4.76. The first-order valence-electron chi connectivity index (χ1n) is 14.8. The number of alkyl halides is 3. The smallest absolute Gasteiger partial charge is 0.422 e. The third-order valence-electron chi connectivity index (χ3n) is 7.26. The zero-order valence-electron chi connectivity index (χ0n) is 25.6. The van der Waals surface area contributed by atoms with E-state index in [0.717, 1.165) is 5.57 Å². The molecule has 3 heterocycles. The average Bonchev–Trinajstić information content (AvgIpc) is 3.44. The summed E-state index contributed by atoms with van der Waals surface area (Å²) in [6.07, 6.45) is 1.73. The molecule has 11 nitrogen and oxygen atoms in total. The van der Waals surface area contributed by atoms with Gasteiger partial charge in [-0.25, -0.2) is 9.78 Å². The van der Waals surface area contributed by atoms with E-state index < -0.39 is 29.3 Å². The number of hydrogen-bond donors (Lipinski definition) is 4. The Balaban J connectivity index is 1.33. The first-order chi connectivity index (χ1) is 21.3. The van der Waals surface area contributed by atoms with Gasteiger partial charge in [0, 0.05) is 62.6 Å². The van der Waals surface area contributed by atoms with Crippen molar-refractivity contribution in [3.8, 4) is 5.75 Å². The van der Waals surface area contributed by atoms with Crippen LogP contribution in [0.4, 0.5) is 29.3 Å². The number of benzene rings is 1. The molecule has 45 heavy (non-hydrogen) atoms. The fraction of sp³-hybridized carbons (Fsp3) is 0.500. The molecule has 0 radical (unpaired) electrons. The highest BCUT2D eigenvalue weighted by Crippen LogP contribution is 2.47. The van der Waals surface area contributed by atoms with Gasteiger partial charge in [0.1, 0.15) is 27.6 Å². The maximum Gasteiger partial charge on any atom is 0.422 e. The zero-order valence-corrected chi connectivity index (χ0v) is 26.4. The number of rotatable bonds is 10. The number of thiazole rings is 1.